The lowest BCUT2D eigenvalue weighted by Crippen LogP contribution is -2.06. The fraction of sp³-hybridized carbons (Fsp3) is 0.312. The molecule has 1 aliphatic rings. The number of nitro benzene ring substituents is 1. The average Bonchev–Trinajstić information content (AvgIpc) is 2.52. The molecular weight excluding hydrogens is 300 g/mol. The van der Waals surface area contributed by atoms with Crippen LogP contribution in [-0.4, -0.2) is 15.0 Å². The molecule has 0 bridgehead atoms. The van der Waals surface area contributed by atoms with Crippen LogP contribution in [0.25, 0.3) is 0 Å². The van der Waals surface area contributed by atoms with Gasteiger partial charge in [0.1, 0.15) is 5.03 Å². The molecule has 0 atom stereocenters. The van der Waals surface area contributed by atoms with Crippen LogP contribution < -0.4 is 0 Å². The minimum atomic E-state index is -0.360. The number of pyridine rings is 1. The monoisotopic (exact) mass is 316 g/mol. The van der Waals surface area contributed by atoms with E-state index in [4.69, 9.17) is 0 Å². The van der Waals surface area contributed by atoms with Gasteiger partial charge in [-0.15, -0.1) is 11.8 Å². The molecule has 0 fully saturated rings. The summed E-state index contributed by atoms with van der Waals surface area (Å²) in [6, 6.07) is 8.49. The molecule has 0 radical (unpaired) electrons. The van der Waals surface area contributed by atoms with Crippen molar-refractivity contribution in [1.29, 1.82) is 0 Å². The molecule has 1 aromatic carbocycles. The van der Waals surface area contributed by atoms with Gasteiger partial charge in [-0.05, 0) is 36.8 Å². The normalized spacial score (nSPS) is 13.6. The molecule has 0 saturated heterocycles. The van der Waals surface area contributed by atoms with Crippen LogP contribution in [0.5, 0.6) is 5.88 Å². The quantitative estimate of drug-likeness (QED) is 0.526. The summed E-state index contributed by atoms with van der Waals surface area (Å²) in [4.78, 5) is 14.9. The summed E-state index contributed by atoms with van der Waals surface area (Å²) in [7, 11) is 0. The first-order valence-electron chi connectivity index (χ1n) is 7.22. The predicted octanol–water partition coefficient (Wildman–Crippen LogP) is 3.87. The van der Waals surface area contributed by atoms with E-state index in [-0.39, 0.29) is 16.5 Å². The molecule has 1 heterocycles. The number of hydrogen-bond donors (Lipinski definition) is 1. The number of nitrogens with zero attached hydrogens (tertiary/aromatic N) is 2. The Morgan fingerprint density at radius 1 is 1.27 bits per heavy atom. The summed E-state index contributed by atoms with van der Waals surface area (Å²) in [5, 5.41) is 21.6. The average molecular weight is 316 g/mol. The van der Waals surface area contributed by atoms with Gasteiger partial charge in [0.05, 0.1) is 4.92 Å². The second-order valence-corrected chi connectivity index (χ2v) is 6.27. The molecule has 1 aromatic heterocycles. The van der Waals surface area contributed by atoms with Crippen molar-refractivity contribution in [3.05, 3.63) is 57.1 Å². The van der Waals surface area contributed by atoms with Crippen molar-refractivity contribution in [3.8, 4) is 5.88 Å². The Kier molecular flexibility index (Phi) is 4.29. The van der Waals surface area contributed by atoms with Crippen LogP contribution >= 0.6 is 11.8 Å². The highest BCUT2D eigenvalue weighted by atomic mass is 32.2. The Morgan fingerprint density at radius 2 is 2.05 bits per heavy atom. The summed E-state index contributed by atoms with van der Waals surface area (Å²) in [6.07, 6.45) is 4.18. The summed E-state index contributed by atoms with van der Waals surface area (Å²) in [5.41, 5.74) is 3.15. The van der Waals surface area contributed by atoms with Gasteiger partial charge in [-0.1, -0.05) is 18.2 Å². The summed E-state index contributed by atoms with van der Waals surface area (Å²) < 4.78 is 0. The molecule has 6 heteroatoms. The molecule has 0 aliphatic heterocycles. The second kappa shape index (κ2) is 6.36. The van der Waals surface area contributed by atoms with Crippen LogP contribution in [-0.2, 0) is 18.6 Å². The van der Waals surface area contributed by atoms with E-state index in [9.17, 15) is 15.2 Å². The van der Waals surface area contributed by atoms with Crippen molar-refractivity contribution in [2.75, 3.05) is 0 Å². The Morgan fingerprint density at radius 3 is 2.86 bits per heavy atom. The van der Waals surface area contributed by atoms with Gasteiger partial charge in [0.2, 0.25) is 5.88 Å². The first-order chi connectivity index (χ1) is 10.6. The highest BCUT2D eigenvalue weighted by Gasteiger charge is 2.18. The van der Waals surface area contributed by atoms with Crippen molar-refractivity contribution in [2.24, 2.45) is 0 Å². The lowest BCUT2D eigenvalue weighted by molar-refractivity contribution is -0.385. The third kappa shape index (κ3) is 3.06. The van der Waals surface area contributed by atoms with Crippen LogP contribution in [0.15, 0.2) is 35.4 Å². The number of rotatable bonds is 4. The van der Waals surface area contributed by atoms with Gasteiger partial charge < -0.3 is 5.11 Å². The zero-order valence-corrected chi connectivity index (χ0v) is 12.8. The van der Waals surface area contributed by atoms with Crippen LogP contribution in [0.1, 0.15) is 29.5 Å². The van der Waals surface area contributed by atoms with Gasteiger partial charge in [0.15, 0.2) is 0 Å². The molecule has 1 N–H and O–H groups in total. The van der Waals surface area contributed by atoms with E-state index < -0.39 is 0 Å². The molecule has 22 heavy (non-hydrogen) atoms. The maximum atomic E-state index is 11.1. The molecule has 114 valence electrons. The molecule has 5 nitrogen and oxygen atoms in total. The van der Waals surface area contributed by atoms with Crippen LogP contribution in [0.2, 0.25) is 0 Å². The highest BCUT2D eigenvalue weighted by molar-refractivity contribution is 7.98. The fourth-order valence-electron chi connectivity index (χ4n) is 2.77. The molecule has 3 rings (SSSR count). The van der Waals surface area contributed by atoms with Crippen molar-refractivity contribution < 1.29 is 10.0 Å². The minimum Gasteiger partial charge on any atom is -0.493 e. The third-order valence-corrected chi connectivity index (χ3v) is 4.91. The molecule has 1 aliphatic carbocycles. The second-order valence-electron chi connectivity index (χ2n) is 5.30. The molecule has 0 saturated carbocycles. The lowest BCUT2D eigenvalue weighted by Gasteiger charge is -2.18. The van der Waals surface area contributed by atoms with Crippen LogP contribution in [0.3, 0.4) is 0 Å². The zero-order valence-electron chi connectivity index (χ0n) is 12.0. The van der Waals surface area contributed by atoms with Gasteiger partial charge in [-0.25, -0.2) is 4.98 Å². The van der Waals surface area contributed by atoms with E-state index in [1.165, 1.54) is 23.4 Å². The number of thioether (sulfide) groups is 1. The first-order valence-corrected chi connectivity index (χ1v) is 8.20. The number of aromatic nitrogens is 1. The number of benzene rings is 1. The van der Waals surface area contributed by atoms with Gasteiger partial charge in [0.25, 0.3) is 5.69 Å². The van der Waals surface area contributed by atoms with E-state index in [0.29, 0.717) is 11.3 Å². The Labute approximate surface area is 132 Å². The lowest BCUT2D eigenvalue weighted by atomic mass is 9.93. The summed E-state index contributed by atoms with van der Waals surface area (Å²) >= 11 is 1.46. The SMILES string of the molecule is O=[N+]([O-])c1ccccc1CSc1nc(O)cc2c1CCCC2. The standard InChI is InChI=1S/C16H16N2O3S/c19-15-9-11-5-1-3-7-13(11)16(17-15)22-10-12-6-2-4-8-14(12)18(20)21/h2,4,6,8-9H,1,3,5,7,10H2,(H,17,19). The number of hydrogen-bond acceptors (Lipinski definition) is 5. The zero-order chi connectivity index (χ0) is 15.5. The van der Waals surface area contributed by atoms with Crippen molar-refractivity contribution >= 4 is 17.4 Å². The molecule has 0 spiro atoms. The smallest absolute Gasteiger partial charge is 0.273 e. The molecule has 0 amide bonds. The predicted molar refractivity (Wildman–Crippen MR) is 85.2 cm³/mol. The largest absolute Gasteiger partial charge is 0.493 e. The topological polar surface area (TPSA) is 76.3 Å². The van der Waals surface area contributed by atoms with Crippen molar-refractivity contribution in [3.63, 3.8) is 0 Å². The molecular formula is C16H16N2O3S. The Balaban J connectivity index is 1.86. The maximum absolute atomic E-state index is 11.1. The number of aromatic hydroxyl groups is 1. The van der Waals surface area contributed by atoms with E-state index in [2.05, 4.69) is 4.98 Å². The fourth-order valence-corrected chi connectivity index (χ4v) is 3.87. The van der Waals surface area contributed by atoms with Crippen LogP contribution in [0.4, 0.5) is 5.69 Å². The van der Waals surface area contributed by atoms with E-state index in [1.54, 1.807) is 24.3 Å². The number of fused-ring (bicyclic) bond motifs is 1. The number of aryl methyl sites for hydroxylation is 1. The van der Waals surface area contributed by atoms with Gasteiger partial charge in [-0.3, -0.25) is 10.1 Å². The first kappa shape index (κ1) is 14.8. The van der Waals surface area contributed by atoms with Crippen molar-refractivity contribution in [2.45, 2.75) is 36.5 Å². The van der Waals surface area contributed by atoms with E-state index in [0.717, 1.165) is 36.3 Å². The Bertz CT molecular complexity index is 719. The van der Waals surface area contributed by atoms with Crippen molar-refractivity contribution in [1.82, 2.24) is 4.98 Å². The summed E-state index contributed by atoms with van der Waals surface area (Å²) in [6.45, 7) is 0. The van der Waals surface area contributed by atoms with Gasteiger partial charge >= 0.3 is 0 Å². The van der Waals surface area contributed by atoms with Crippen LogP contribution in [0, 0.1) is 10.1 Å². The third-order valence-electron chi connectivity index (χ3n) is 3.84. The number of nitro groups is 1. The minimum absolute atomic E-state index is 0.0331. The Hall–Kier alpha value is -2.08. The molecule has 0 unspecified atom stereocenters. The highest BCUT2D eigenvalue weighted by Crippen LogP contribution is 2.34. The molecule has 2 aromatic rings. The maximum Gasteiger partial charge on any atom is 0.273 e. The summed E-state index contributed by atoms with van der Waals surface area (Å²) in [5.74, 6) is 0.505. The van der Waals surface area contributed by atoms with E-state index in [1.807, 2.05) is 0 Å². The van der Waals surface area contributed by atoms with E-state index >= 15 is 0 Å². The number of para-hydroxylation sites is 1. The van der Waals surface area contributed by atoms with Gasteiger partial charge in [-0.2, -0.15) is 0 Å². The van der Waals surface area contributed by atoms with Gasteiger partial charge in [0, 0.05) is 23.4 Å².